The predicted molar refractivity (Wildman–Crippen MR) is 161 cm³/mol. The largest absolute Gasteiger partial charge is 0.354 e. The summed E-state index contributed by atoms with van der Waals surface area (Å²) in [6.07, 6.45) is 1.71. The molecular formula is C30H35Cl2N3O4S. The average molecular weight is 605 g/mol. The molecule has 0 saturated carbocycles. The minimum atomic E-state index is -4.18. The molecule has 3 aromatic carbocycles. The highest BCUT2D eigenvalue weighted by atomic mass is 35.5. The maximum atomic E-state index is 14.0. The molecule has 0 heterocycles. The van der Waals surface area contributed by atoms with Crippen molar-refractivity contribution in [3.63, 3.8) is 0 Å². The molecule has 0 aliphatic carbocycles. The highest BCUT2D eigenvalue weighted by Crippen LogP contribution is 2.30. The highest BCUT2D eigenvalue weighted by Gasteiger charge is 2.33. The van der Waals surface area contributed by atoms with E-state index < -0.39 is 28.5 Å². The van der Waals surface area contributed by atoms with Crippen molar-refractivity contribution in [2.24, 2.45) is 0 Å². The lowest BCUT2D eigenvalue weighted by molar-refractivity contribution is -0.139. The fourth-order valence-electron chi connectivity index (χ4n) is 4.15. The Kier molecular flexibility index (Phi) is 11.0. The number of carbonyl (C=O) groups excluding carboxylic acids is 2. The van der Waals surface area contributed by atoms with Crippen LogP contribution in [-0.2, 0) is 26.2 Å². The molecule has 0 spiro atoms. The Hall–Kier alpha value is -3.07. The number of benzene rings is 3. The molecule has 0 bridgehead atoms. The van der Waals surface area contributed by atoms with Gasteiger partial charge in [0.1, 0.15) is 12.6 Å². The number of amides is 2. The second-order valence-electron chi connectivity index (χ2n) is 9.73. The van der Waals surface area contributed by atoms with Crippen LogP contribution in [-0.4, -0.2) is 44.3 Å². The van der Waals surface area contributed by atoms with Crippen LogP contribution in [0.5, 0.6) is 0 Å². The lowest BCUT2D eigenvalue weighted by Crippen LogP contribution is -2.51. The molecule has 0 aromatic heterocycles. The Morgan fingerprint density at radius 3 is 2.27 bits per heavy atom. The van der Waals surface area contributed by atoms with Gasteiger partial charge in [-0.1, -0.05) is 72.4 Å². The number of anilines is 1. The molecule has 10 heteroatoms. The topological polar surface area (TPSA) is 86.8 Å². The molecule has 40 heavy (non-hydrogen) atoms. The van der Waals surface area contributed by atoms with Crippen molar-refractivity contribution in [3.05, 3.63) is 93.5 Å². The Labute approximate surface area is 247 Å². The smallest absolute Gasteiger partial charge is 0.264 e. The van der Waals surface area contributed by atoms with Crippen molar-refractivity contribution in [3.8, 4) is 0 Å². The molecule has 1 N–H and O–H groups in total. The van der Waals surface area contributed by atoms with Gasteiger partial charge >= 0.3 is 0 Å². The summed E-state index contributed by atoms with van der Waals surface area (Å²) in [5, 5.41) is 3.69. The molecule has 0 unspecified atom stereocenters. The first-order chi connectivity index (χ1) is 18.9. The number of nitrogens with zero attached hydrogens (tertiary/aromatic N) is 2. The molecule has 2 amide bonds. The maximum absolute atomic E-state index is 14.0. The first-order valence-corrected chi connectivity index (χ1v) is 15.3. The van der Waals surface area contributed by atoms with Crippen LogP contribution < -0.4 is 9.62 Å². The van der Waals surface area contributed by atoms with Gasteiger partial charge in [-0.15, -0.1) is 0 Å². The van der Waals surface area contributed by atoms with E-state index in [1.165, 1.54) is 23.1 Å². The van der Waals surface area contributed by atoms with Crippen molar-refractivity contribution in [2.75, 3.05) is 17.4 Å². The van der Waals surface area contributed by atoms with E-state index in [0.29, 0.717) is 27.7 Å². The van der Waals surface area contributed by atoms with Gasteiger partial charge in [-0.25, -0.2) is 8.42 Å². The van der Waals surface area contributed by atoms with Gasteiger partial charge in [0, 0.05) is 23.1 Å². The third-order valence-corrected chi connectivity index (χ3v) is 8.81. The standard InChI is InChI=1S/C30H35Cl2N3O4S/c1-5-6-16-33-30(37)23(4)34(19-24-8-7-9-25(31)17-24)29(36)20-35(28-18-26(32)13-12-22(28)3)40(38,39)27-14-10-21(2)11-15-27/h7-15,17-18,23H,5-6,16,19-20H2,1-4H3,(H,33,37)/t23-/m0/s1. The Morgan fingerprint density at radius 1 is 0.950 bits per heavy atom. The molecule has 3 rings (SSSR count). The minimum Gasteiger partial charge on any atom is -0.354 e. The lowest BCUT2D eigenvalue weighted by atomic mass is 10.1. The quantitative estimate of drug-likeness (QED) is 0.252. The number of carbonyl (C=O) groups is 2. The van der Waals surface area contributed by atoms with E-state index in [2.05, 4.69) is 5.32 Å². The lowest BCUT2D eigenvalue weighted by Gasteiger charge is -2.32. The van der Waals surface area contributed by atoms with Gasteiger partial charge in [-0.05, 0) is 74.7 Å². The number of aryl methyl sites for hydroxylation is 2. The Balaban J connectivity index is 2.04. The zero-order valence-corrected chi connectivity index (χ0v) is 25.5. The van der Waals surface area contributed by atoms with Crippen LogP contribution in [0.3, 0.4) is 0 Å². The van der Waals surface area contributed by atoms with E-state index in [1.54, 1.807) is 62.4 Å². The fourth-order valence-corrected chi connectivity index (χ4v) is 6.00. The minimum absolute atomic E-state index is 0.0389. The summed E-state index contributed by atoms with van der Waals surface area (Å²) in [5.41, 5.74) is 2.51. The number of halogens is 2. The van der Waals surface area contributed by atoms with Crippen molar-refractivity contribution < 1.29 is 18.0 Å². The Morgan fingerprint density at radius 2 is 1.62 bits per heavy atom. The maximum Gasteiger partial charge on any atom is 0.264 e. The number of hydrogen-bond acceptors (Lipinski definition) is 4. The second kappa shape index (κ2) is 14.0. The zero-order chi connectivity index (χ0) is 29.4. The van der Waals surface area contributed by atoms with Crippen LogP contribution in [0.25, 0.3) is 0 Å². The molecule has 0 aliphatic rings. The predicted octanol–water partition coefficient (Wildman–Crippen LogP) is 6.14. The monoisotopic (exact) mass is 603 g/mol. The molecule has 3 aromatic rings. The van der Waals surface area contributed by atoms with Crippen molar-refractivity contribution in [1.82, 2.24) is 10.2 Å². The summed E-state index contributed by atoms with van der Waals surface area (Å²) < 4.78 is 29.0. The van der Waals surface area contributed by atoms with Gasteiger partial charge in [-0.2, -0.15) is 0 Å². The van der Waals surface area contributed by atoms with E-state index in [9.17, 15) is 18.0 Å². The summed E-state index contributed by atoms with van der Waals surface area (Å²) >= 11 is 12.5. The van der Waals surface area contributed by atoms with Crippen molar-refractivity contribution in [1.29, 1.82) is 0 Å². The van der Waals surface area contributed by atoms with Gasteiger partial charge < -0.3 is 10.2 Å². The average Bonchev–Trinajstić information content (AvgIpc) is 2.91. The van der Waals surface area contributed by atoms with Crippen LogP contribution in [0.4, 0.5) is 5.69 Å². The molecular weight excluding hydrogens is 569 g/mol. The number of rotatable bonds is 12. The Bertz CT molecular complexity index is 1450. The first kappa shape index (κ1) is 31.5. The van der Waals surface area contributed by atoms with Gasteiger partial charge in [-0.3, -0.25) is 13.9 Å². The molecule has 1 atom stereocenters. The molecule has 0 radical (unpaired) electrons. The van der Waals surface area contributed by atoms with Gasteiger partial charge in [0.2, 0.25) is 11.8 Å². The van der Waals surface area contributed by atoms with Crippen LogP contribution in [0.2, 0.25) is 10.0 Å². The summed E-state index contributed by atoms with van der Waals surface area (Å²) in [7, 11) is -4.18. The molecule has 0 saturated heterocycles. The van der Waals surface area contributed by atoms with Crippen LogP contribution in [0.1, 0.15) is 43.4 Å². The third kappa shape index (κ3) is 7.99. The third-order valence-electron chi connectivity index (χ3n) is 6.57. The molecule has 0 fully saturated rings. The summed E-state index contributed by atoms with van der Waals surface area (Å²) in [4.78, 5) is 28.5. The van der Waals surface area contributed by atoms with E-state index in [1.807, 2.05) is 13.8 Å². The van der Waals surface area contributed by atoms with E-state index >= 15 is 0 Å². The zero-order valence-electron chi connectivity index (χ0n) is 23.2. The van der Waals surface area contributed by atoms with Crippen LogP contribution >= 0.6 is 23.2 Å². The number of nitrogens with one attached hydrogen (secondary N) is 1. The van der Waals surface area contributed by atoms with Gasteiger partial charge in [0.15, 0.2) is 0 Å². The summed E-state index contributed by atoms with van der Waals surface area (Å²) in [6, 6.07) is 17.4. The van der Waals surface area contributed by atoms with Crippen molar-refractivity contribution in [2.45, 2.75) is 58.0 Å². The van der Waals surface area contributed by atoms with Crippen LogP contribution in [0, 0.1) is 13.8 Å². The number of unbranched alkanes of at least 4 members (excludes halogenated alkanes) is 1. The van der Waals surface area contributed by atoms with E-state index in [0.717, 1.165) is 22.7 Å². The van der Waals surface area contributed by atoms with Gasteiger partial charge in [0.25, 0.3) is 10.0 Å². The molecule has 214 valence electrons. The number of sulfonamides is 1. The second-order valence-corrected chi connectivity index (χ2v) is 12.5. The van der Waals surface area contributed by atoms with Crippen molar-refractivity contribution >= 4 is 50.7 Å². The van der Waals surface area contributed by atoms with Gasteiger partial charge in [0.05, 0.1) is 10.6 Å². The summed E-state index contributed by atoms with van der Waals surface area (Å²) in [5.74, 6) is -0.871. The fraction of sp³-hybridized carbons (Fsp3) is 0.333. The number of hydrogen-bond donors (Lipinski definition) is 1. The molecule has 7 nitrogen and oxygen atoms in total. The highest BCUT2D eigenvalue weighted by molar-refractivity contribution is 7.92. The van der Waals surface area contributed by atoms with Crippen LogP contribution in [0.15, 0.2) is 71.6 Å². The molecule has 0 aliphatic heterocycles. The van der Waals surface area contributed by atoms with E-state index in [-0.39, 0.29) is 23.0 Å². The SMILES string of the molecule is CCCCNC(=O)[C@H](C)N(Cc1cccc(Cl)c1)C(=O)CN(c1cc(Cl)ccc1C)S(=O)(=O)c1ccc(C)cc1. The first-order valence-electron chi connectivity index (χ1n) is 13.1. The summed E-state index contributed by atoms with van der Waals surface area (Å²) in [6.45, 7) is 7.27. The normalized spacial score (nSPS) is 12.1. The van der Waals surface area contributed by atoms with E-state index in [4.69, 9.17) is 23.2 Å².